The van der Waals surface area contributed by atoms with E-state index in [9.17, 15) is 19.8 Å². The fraction of sp³-hybridized carbons (Fsp3) is 0.600. The van der Waals surface area contributed by atoms with Crippen LogP contribution in [-0.2, 0) is 0 Å². The molecule has 1 aromatic rings. The molecule has 3 atom stereocenters. The highest BCUT2D eigenvalue weighted by molar-refractivity contribution is 6.83. The summed E-state index contributed by atoms with van der Waals surface area (Å²) in [5, 5.41) is 19.1. The molecular weight excluding hydrogens is 300 g/mol. The molecule has 120 valence electrons. The highest BCUT2D eigenvalue weighted by Crippen LogP contribution is 2.33. The Bertz CT molecular complexity index is 720. The Morgan fingerprint density at radius 1 is 1.36 bits per heavy atom. The van der Waals surface area contributed by atoms with Gasteiger partial charge in [-0.1, -0.05) is 25.6 Å². The summed E-state index contributed by atoms with van der Waals surface area (Å²) in [5.74, 6) is 2.64. The summed E-state index contributed by atoms with van der Waals surface area (Å²) in [6.07, 6.45) is 1.74. The number of rotatable bonds is 2. The Balaban J connectivity index is 2.39. The second kappa shape index (κ2) is 6.24. The Labute approximate surface area is 129 Å². The summed E-state index contributed by atoms with van der Waals surface area (Å²) >= 11 is 0. The molecule has 3 N–H and O–H groups in total. The molecule has 0 aromatic carbocycles. The van der Waals surface area contributed by atoms with E-state index in [1.54, 1.807) is 0 Å². The topological polar surface area (TPSA) is 95.3 Å². The molecule has 2 rings (SSSR count). The van der Waals surface area contributed by atoms with Crippen LogP contribution in [0.5, 0.6) is 0 Å². The maximum Gasteiger partial charge on any atom is 0.328 e. The van der Waals surface area contributed by atoms with E-state index in [1.165, 1.54) is 10.8 Å². The van der Waals surface area contributed by atoms with Gasteiger partial charge in [0, 0.05) is 24.8 Å². The van der Waals surface area contributed by atoms with Crippen molar-refractivity contribution in [2.24, 2.45) is 5.92 Å². The van der Waals surface area contributed by atoms with Crippen LogP contribution in [0.3, 0.4) is 0 Å². The predicted molar refractivity (Wildman–Crippen MR) is 86.4 cm³/mol. The van der Waals surface area contributed by atoms with Gasteiger partial charge in [0.1, 0.15) is 13.6 Å². The SMILES string of the molecule is C[Si](C)(C)C#Cc1cn([C@H]2C[C@@H](CO)[C@H](O)C2)c(=O)[nH]c1=O. The lowest BCUT2D eigenvalue weighted by Gasteiger charge is -2.13. The monoisotopic (exact) mass is 322 g/mol. The van der Waals surface area contributed by atoms with E-state index >= 15 is 0 Å². The summed E-state index contributed by atoms with van der Waals surface area (Å²) in [6.45, 7) is 6.11. The van der Waals surface area contributed by atoms with Crippen molar-refractivity contribution in [3.05, 3.63) is 32.6 Å². The van der Waals surface area contributed by atoms with Gasteiger partial charge in [0.25, 0.3) is 5.56 Å². The molecule has 1 aliphatic carbocycles. The zero-order valence-corrected chi connectivity index (χ0v) is 14.1. The van der Waals surface area contributed by atoms with Crippen molar-refractivity contribution in [3.8, 4) is 11.5 Å². The second-order valence-corrected chi connectivity index (χ2v) is 11.6. The largest absolute Gasteiger partial charge is 0.396 e. The summed E-state index contributed by atoms with van der Waals surface area (Å²) in [5.41, 5.74) is 2.39. The Kier molecular flexibility index (Phi) is 4.75. The Morgan fingerprint density at radius 2 is 2.05 bits per heavy atom. The first kappa shape index (κ1) is 16.7. The van der Waals surface area contributed by atoms with Gasteiger partial charge >= 0.3 is 5.69 Å². The van der Waals surface area contributed by atoms with Gasteiger partial charge in [0.2, 0.25) is 0 Å². The van der Waals surface area contributed by atoms with Crippen molar-refractivity contribution in [3.63, 3.8) is 0 Å². The summed E-state index contributed by atoms with van der Waals surface area (Å²) < 4.78 is 1.43. The predicted octanol–water partition coefficient (Wildman–Crippen LogP) is 0.0698. The zero-order chi connectivity index (χ0) is 16.5. The molecule has 0 aliphatic heterocycles. The number of aliphatic hydroxyl groups excluding tert-OH is 2. The van der Waals surface area contributed by atoms with Crippen molar-refractivity contribution in [2.75, 3.05) is 6.61 Å². The van der Waals surface area contributed by atoms with Crippen LogP contribution in [0.2, 0.25) is 19.6 Å². The van der Waals surface area contributed by atoms with E-state index < -0.39 is 25.4 Å². The molecule has 1 heterocycles. The number of H-pyrrole nitrogens is 1. The summed E-state index contributed by atoms with van der Waals surface area (Å²) in [6, 6.07) is -0.232. The quantitative estimate of drug-likeness (QED) is 0.530. The molecule has 1 aliphatic rings. The molecule has 0 amide bonds. The Morgan fingerprint density at radius 3 is 2.59 bits per heavy atom. The summed E-state index contributed by atoms with van der Waals surface area (Å²) in [4.78, 5) is 26.2. The van der Waals surface area contributed by atoms with Crippen molar-refractivity contribution in [2.45, 2.75) is 44.6 Å². The van der Waals surface area contributed by atoms with Crippen LogP contribution >= 0.6 is 0 Å². The maximum absolute atomic E-state index is 12.0. The molecule has 1 aromatic heterocycles. The van der Waals surface area contributed by atoms with Crippen LogP contribution in [0.15, 0.2) is 15.8 Å². The van der Waals surface area contributed by atoms with Gasteiger partial charge in [-0.2, -0.15) is 0 Å². The number of aromatic amines is 1. The standard InChI is InChI=1S/C15H22N2O4Si/c1-22(2,3)5-4-10-8-17(15(21)16-14(10)20)12-6-11(9-18)13(19)7-12/h8,11-13,18-19H,6-7,9H2,1-3H3,(H,16,20,21)/t11-,12-,13+/m0/s1. The van der Waals surface area contributed by atoms with Crippen LogP contribution in [0.1, 0.15) is 24.4 Å². The van der Waals surface area contributed by atoms with E-state index in [2.05, 4.69) is 36.1 Å². The van der Waals surface area contributed by atoms with Crippen molar-refractivity contribution in [1.82, 2.24) is 9.55 Å². The van der Waals surface area contributed by atoms with Gasteiger partial charge in [-0.25, -0.2) is 4.79 Å². The number of nitrogens with zero attached hydrogens (tertiary/aromatic N) is 1. The molecule has 0 radical (unpaired) electrons. The first-order valence-electron chi connectivity index (χ1n) is 7.39. The van der Waals surface area contributed by atoms with Gasteiger partial charge in [0.05, 0.1) is 6.10 Å². The normalized spacial score (nSPS) is 24.9. The van der Waals surface area contributed by atoms with Crippen LogP contribution in [0, 0.1) is 17.4 Å². The fourth-order valence-electron chi connectivity index (χ4n) is 2.60. The lowest BCUT2D eigenvalue weighted by Crippen LogP contribution is -2.33. The zero-order valence-electron chi connectivity index (χ0n) is 13.1. The number of hydrogen-bond acceptors (Lipinski definition) is 4. The van der Waals surface area contributed by atoms with Gasteiger partial charge in [-0.3, -0.25) is 14.3 Å². The minimum atomic E-state index is -1.63. The van der Waals surface area contributed by atoms with Gasteiger partial charge < -0.3 is 10.2 Å². The van der Waals surface area contributed by atoms with E-state index in [1.807, 2.05) is 0 Å². The number of aliphatic hydroxyl groups is 2. The molecule has 22 heavy (non-hydrogen) atoms. The highest BCUT2D eigenvalue weighted by atomic mass is 28.3. The smallest absolute Gasteiger partial charge is 0.328 e. The molecule has 0 unspecified atom stereocenters. The average molecular weight is 322 g/mol. The third kappa shape index (κ3) is 3.77. The third-order valence-electron chi connectivity index (χ3n) is 3.80. The fourth-order valence-corrected chi connectivity index (χ4v) is 3.11. The minimum absolute atomic E-state index is 0.113. The van der Waals surface area contributed by atoms with Crippen molar-refractivity contribution >= 4 is 8.07 Å². The molecule has 1 fully saturated rings. The van der Waals surface area contributed by atoms with Gasteiger partial charge in [-0.15, -0.1) is 5.54 Å². The molecular formula is C15H22N2O4Si. The van der Waals surface area contributed by atoms with Crippen molar-refractivity contribution in [1.29, 1.82) is 0 Å². The second-order valence-electron chi connectivity index (χ2n) is 6.84. The number of hydrogen-bond donors (Lipinski definition) is 3. The van der Waals surface area contributed by atoms with Gasteiger partial charge in [-0.05, 0) is 12.8 Å². The first-order valence-corrected chi connectivity index (χ1v) is 10.9. The molecule has 1 saturated carbocycles. The molecule has 0 spiro atoms. The first-order chi connectivity index (χ1) is 10.2. The van der Waals surface area contributed by atoms with E-state index in [0.717, 1.165) is 0 Å². The van der Waals surface area contributed by atoms with E-state index in [4.69, 9.17) is 0 Å². The molecule has 6 nitrogen and oxygen atoms in total. The third-order valence-corrected chi connectivity index (χ3v) is 4.68. The lowest BCUT2D eigenvalue weighted by atomic mass is 10.1. The lowest BCUT2D eigenvalue weighted by molar-refractivity contribution is 0.0906. The van der Waals surface area contributed by atoms with Crippen LogP contribution in [-0.4, -0.2) is 40.5 Å². The Hall–Kier alpha value is -1.62. The van der Waals surface area contributed by atoms with Gasteiger partial charge in [0.15, 0.2) is 0 Å². The molecule has 7 heteroatoms. The maximum atomic E-state index is 12.0. The van der Waals surface area contributed by atoms with Crippen LogP contribution in [0.25, 0.3) is 0 Å². The molecule has 0 saturated heterocycles. The van der Waals surface area contributed by atoms with Crippen LogP contribution < -0.4 is 11.2 Å². The summed E-state index contributed by atoms with van der Waals surface area (Å²) in [7, 11) is -1.63. The minimum Gasteiger partial charge on any atom is -0.396 e. The van der Waals surface area contributed by atoms with E-state index in [-0.39, 0.29) is 24.1 Å². The molecule has 0 bridgehead atoms. The highest BCUT2D eigenvalue weighted by Gasteiger charge is 2.34. The van der Waals surface area contributed by atoms with Crippen LogP contribution in [0.4, 0.5) is 0 Å². The average Bonchev–Trinajstić information content (AvgIpc) is 2.77. The van der Waals surface area contributed by atoms with E-state index in [0.29, 0.717) is 12.8 Å². The number of aromatic nitrogens is 2. The number of nitrogens with one attached hydrogen (secondary N) is 1. The van der Waals surface area contributed by atoms with Crippen molar-refractivity contribution < 1.29 is 10.2 Å².